The summed E-state index contributed by atoms with van der Waals surface area (Å²) in [6.45, 7) is 1.69. The smallest absolute Gasteiger partial charge is 0.242 e. The molecule has 15 heavy (non-hydrogen) atoms. The maximum Gasteiger partial charge on any atom is 0.242 e. The highest BCUT2D eigenvalue weighted by Crippen LogP contribution is 2.33. The highest BCUT2D eigenvalue weighted by atomic mass is 79.9. The summed E-state index contributed by atoms with van der Waals surface area (Å²) in [5.41, 5.74) is 0.728. The Bertz CT molecular complexity index is 461. The van der Waals surface area contributed by atoms with Crippen molar-refractivity contribution in [2.24, 2.45) is 0 Å². The van der Waals surface area contributed by atoms with E-state index in [2.05, 4.69) is 15.9 Å². The fourth-order valence-corrected chi connectivity index (χ4v) is 3.27. The van der Waals surface area contributed by atoms with Crippen molar-refractivity contribution in [3.8, 4) is 0 Å². The SMILES string of the molecule is CC1C(=O)N(C)c2cc(Br)ccc2S1=O. The minimum absolute atomic E-state index is 0.0982. The maximum absolute atomic E-state index is 11.9. The van der Waals surface area contributed by atoms with Gasteiger partial charge in [-0.2, -0.15) is 0 Å². The van der Waals surface area contributed by atoms with Gasteiger partial charge in [-0.15, -0.1) is 0 Å². The molecule has 0 fully saturated rings. The number of nitrogens with zero attached hydrogens (tertiary/aromatic N) is 1. The molecule has 0 aliphatic carbocycles. The molecule has 1 heterocycles. The van der Waals surface area contributed by atoms with Crippen molar-refractivity contribution in [3.05, 3.63) is 22.7 Å². The van der Waals surface area contributed by atoms with Crippen LogP contribution >= 0.6 is 15.9 Å². The number of rotatable bonds is 0. The van der Waals surface area contributed by atoms with Crippen LogP contribution in [0.2, 0.25) is 0 Å². The largest absolute Gasteiger partial charge is 0.313 e. The third-order valence-corrected chi connectivity index (χ3v) is 4.61. The first-order chi connectivity index (χ1) is 7.02. The lowest BCUT2D eigenvalue weighted by Gasteiger charge is -2.29. The lowest BCUT2D eigenvalue weighted by atomic mass is 10.2. The summed E-state index contributed by atoms with van der Waals surface area (Å²) >= 11 is 3.34. The fraction of sp³-hybridized carbons (Fsp3) is 0.300. The Morgan fingerprint density at radius 3 is 2.80 bits per heavy atom. The predicted molar refractivity (Wildman–Crippen MR) is 63.4 cm³/mol. The molecule has 0 radical (unpaired) electrons. The summed E-state index contributed by atoms with van der Waals surface area (Å²) in [5.74, 6) is -0.0982. The summed E-state index contributed by atoms with van der Waals surface area (Å²) in [5, 5.41) is -0.455. The van der Waals surface area contributed by atoms with E-state index in [4.69, 9.17) is 0 Å². The zero-order valence-electron chi connectivity index (χ0n) is 8.36. The Balaban J connectivity index is 2.64. The van der Waals surface area contributed by atoms with E-state index in [1.807, 2.05) is 12.1 Å². The molecule has 0 spiro atoms. The van der Waals surface area contributed by atoms with Crippen LogP contribution in [0, 0.1) is 0 Å². The van der Waals surface area contributed by atoms with Crippen LogP contribution in [0.3, 0.4) is 0 Å². The lowest BCUT2D eigenvalue weighted by molar-refractivity contribution is -0.117. The van der Waals surface area contributed by atoms with Gasteiger partial charge in [-0.1, -0.05) is 15.9 Å². The van der Waals surface area contributed by atoms with Crippen LogP contribution < -0.4 is 4.90 Å². The molecule has 0 saturated heterocycles. The molecule has 0 aromatic heterocycles. The van der Waals surface area contributed by atoms with Gasteiger partial charge in [-0.25, -0.2) is 0 Å². The van der Waals surface area contributed by atoms with Crippen LogP contribution in [0.4, 0.5) is 5.69 Å². The van der Waals surface area contributed by atoms with Crippen molar-refractivity contribution in [1.82, 2.24) is 0 Å². The van der Waals surface area contributed by atoms with Crippen LogP contribution in [0.5, 0.6) is 0 Å². The number of hydrogen-bond acceptors (Lipinski definition) is 2. The van der Waals surface area contributed by atoms with Crippen LogP contribution in [0.1, 0.15) is 6.92 Å². The minimum atomic E-state index is -1.23. The molecule has 0 bridgehead atoms. The highest BCUT2D eigenvalue weighted by molar-refractivity contribution is 9.10. The van der Waals surface area contributed by atoms with E-state index < -0.39 is 16.0 Å². The number of amides is 1. The van der Waals surface area contributed by atoms with Crippen LogP contribution in [-0.2, 0) is 15.6 Å². The van der Waals surface area contributed by atoms with Gasteiger partial charge in [0, 0.05) is 11.5 Å². The molecule has 2 unspecified atom stereocenters. The molecule has 3 nitrogen and oxygen atoms in total. The van der Waals surface area contributed by atoms with E-state index >= 15 is 0 Å². The normalized spacial score (nSPS) is 25.3. The van der Waals surface area contributed by atoms with Gasteiger partial charge in [0.05, 0.1) is 21.4 Å². The second-order valence-corrected chi connectivity index (χ2v) is 6.11. The predicted octanol–water partition coefficient (Wildman–Crippen LogP) is 1.92. The molecule has 0 saturated carbocycles. The number of hydrogen-bond donors (Lipinski definition) is 0. The van der Waals surface area contributed by atoms with Gasteiger partial charge in [0.1, 0.15) is 5.25 Å². The monoisotopic (exact) mass is 287 g/mol. The first-order valence-electron chi connectivity index (χ1n) is 4.50. The number of fused-ring (bicyclic) bond motifs is 1. The zero-order chi connectivity index (χ0) is 11.2. The van der Waals surface area contributed by atoms with Crippen molar-refractivity contribution in [3.63, 3.8) is 0 Å². The second kappa shape index (κ2) is 3.72. The Hall–Kier alpha value is -0.680. The average molecular weight is 288 g/mol. The van der Waals surface area contributed by atoms with Crippen molar-refractivity contribution in [2.45, 2.75) is 17.1 Å². The van der Waals surface area contributed by atoms with Gasteiger partial charge in [-0.05, 0) is 25.1 Å². The maximum atomic E-state index is 11.9. The zero-order valence-corrected chi connectivity index (χ0v) is 10.8. The second-order valence-electron chi connectivity index (χ2n) is 3.45. The van der Waals surface area contributed by atoms with Gasteiger partial charge >= 0.3 is 0 Å². The van der Waals surface area contributed by atoms with E-state index in [-0.39, 0.29) is 5.91 Å². The van der Waals surface area contributed by atoms with Crippen LogP contribution in [0.25, 0.3) is 0 Å². The molecule has 1 amide bonds. The number of benzene rings is 1. The Labute approximate surface area is 99.0 Å². The number of anilines is 1. The molecule has 1 aromatic carbocycles. The Morgan fingerprint density at radius 1 is 1.47 bits per heavy atom. The van der Waals surface area contributed by atoms with Crippen molar-refractivity contribution >= 4 is 38.3 Å². The molecule has 0 N–H and O–H groups in total. The highest BCUT2D eigenvalue weighted by Gasteiger charge is 2.33. The van der Waals surface area contributed by atoms with Gasteiger partial charge in [0.2, 0.25) is 5.91 Å². The number of carbonyl (C=O) groups excluding carboxylic acids is 1. The Kier molecular flexibility index (Phi) is 2.68. The molecule has 1 aliphatic rings. The van der Waals surface area contributed by atoms with E-state index in [0.717, 1.165) is 15.1 Å². The number of halogens is 1. The van der Waals surface area contributed by atoms with Crippen LogP contribution in [-0.4, -0.2) is 22.4 Å². The molecular weight excluding hydrogens is 278 g/mol. The third kappa shape index (κ3) is 1.63. The van der Waals surface area contributed by atoms with E-state index in [1.54, 1.807) is 24.9 Å². The van der Waals surface area contributed by atoms with E-state index in [0.29, 0.717) is 0 Å². The quantitative estimate of drug-likeness (QED) is 0.731. The van der Waals surface area contributed by atoms with Gasteiger partial charge in [0.15, 0.2) is 0 Å². The van der Waals surface area contributed by atoms with E-state index in [9.17, 15) is 9.00 Å². The summed E-state index contributed by atoms with van der Waals surface area (Å²) < 4.78 is 12.8. The molecule has 2 atom stereocenters. The molecule has 1 aromatic rings. The lowest BCUT2D eigenvalue weighted by Crippen LogP contribution is -2.41. The molecule has 80 valence electrons. The molecule has 5 heteroatoms. The molecular formula is C10H10BrNO2S. The van der Waals surface area contributed by atoms with Crippen molar-refractivity contribution in [1.29, 1.82) is 0 Å². The van der Waals surface area contributed by atoms with Gasteiger partial charge < -0.3 is 4.90 Å². The molecule has 1 aliphatic heterocycles. The standard InChI is InChI=1S/C10H10BrNO2S/c1-6-10(13)12(2)8-5-7(11)3-4-9(8)15(6)14/h3-6H,1-2H3. The third-order valence-electron chi connectivity index (χ3n) is 2.50. The van der Waals surface area contributed by atoms with Crippen LogP contribution in [0.15, 0.2) is 27.6 Å². The number of carbonyl (C=O) groups is 1. The summed E-state index contributed by atoms with van der Waals surface area (Å²) in [4.78, 5) is 14.0. The van der Waals surface area contributed by atoms with Gasteiger partial charge in [-0.3, -0.25) is 9.00 Å². The first-order valence-corrected chi connectivity index (χ1v) is 6.50. The van der Waals surface area contributed by atoms with E-state index in [1.165, 1.54) is 0 Å². The van der Waals surface area contributed by atoms with Crippen molar-refractivity contribution in [2.75, 3.05) is 11.9 Å². The Morgan fingerprint density at radius 2 is 2.13 bits per heavy atom. The summed E-state index contributed by atoms with van der Waals surface area (Å²) in [7, 11) is 0.478. The topological polar surface area (TPSA) is 37.4 Å². The average Bonchev–Trinajstić information content (AvgIpc) is 2.23. The summed E-state index contributed by atoms with van der Waals surface area (Å²) in [6, 6.07) is 5.46. The minimum Gasteiger partial charge on any atom is -0.313 e. The molecule has 2 rings (SSSR count). The van der Waals surface area contributed by atoms with Crippen molar-refractivity contribution < 1.29 is 9.00 Å². The fourth-order valence-electron chi connectivity index (χ4n) is 1.60. The van der Waals surface area contributed by atoms with Gasteiger partial charge in [0.25, 0.3) is 0 Å². The first kappa shape index (κ1) is 10.8. The summed E-state index contributed by atoms with van der Waals surface area (Å²) in [6.07, 6.45) is 0.